The Hall–Kier alpha value is -2.97. The van der Waals surface area contributed by atoms with Gasteiger partial charge in [-0.1, -0.05) is 32.9 Å². The molecule has 0 bridgehead atoms. The second-order valence-electron chi connectivity index (χ2n) is 9.16. The fourth-order valence-corrected chi connectivity index (χ4v) is 4.26. The van der Waals surface area contributed by atoms with E-state index in [2.05, 4.69) is 51.0 Å². The van der Waals surface area contributed by atoms with Crippen LogP contribution in [0, 0.1) is 5.92 Å². The van der Waals surface area contributed by atoms with Crippen molar-refractivity contribution >= 4 is 11.5 Å². The number of hydrogen-bond donors (Lipinski definition) is 3. The van der Waals surface area contributed by atoms with Gasteiger partial charge < -0.3 is 20.1 Å². The maximum absolute atomic E-state index is 10.5. The number of amidine groups is 1. The van der Waals surface area contributed by atoms with Crippen molar-refractivity contribution in [2.24, 2.45) is 16.1 Å². The smallest absolute Gasteiger partial charge is 0.125 e. The molecule has 3 heterocycles. The molecule has 2 fully saturated rings. The summed E-state index contributed by atoms with van der Waals surface area (Å²) in [6.45, 7) is 14.8. The monoisotopic (exact) mass is 480 g/mol. The average Bonchev–Trinajstić information content (AvgIpc) is 3.58. The van der Waals surface area contributed by atoms with Crippen LogP contribution in [0.1, 0.15) is 52.0 Å². The first-order valence-corrected chi connectivity index (χ1v) is 12.7. The zero-order valence-electron chi connectivity index (χ0n) is 21.3. The Balaban J connectivity index is 0.00000108. The van der Waals surface area contributed by atoms with Crippen molar-refractivity contribution in [3.63, 3.8) is 0 Å². The minimum absolute atomic E-state index is 0.135. The number of likely N-dealkylation sites (tertiary alicyclic amines) is 1. The zero-order valence-corrected chi connectivity index (χ0v) is 21.3. The molecule has 8 heteroatoms. The molecule has 1 aromatic carbocycles. The number of ether oxygens (including phenoxy) is 1. The molecule has 1 aromatic heterocycles. The SMILES string of the molecule is C=C/C(=N\N=C(/C)N1CCC(CNC2CCOCC2)C1)c1ccc(-c2cn[nH]c2)cc1O.CCC. The van der Waals surface area contributed by atoms with E-state index in [0.717, 1.165) is 69.1 Å². The van der Waals surface area contributed by atoms with E-state index in [1.54, 1.807) is 24.5 Å². The van der Waals surface area contributed by atoms with Crippen LogP contribution in [0.25, 0.3) is 11.1 Å². The molecule has 190 valence electrons. The molecule has 2 aliphatic rings. The summed E-state index contributed by atoms with van der Waals surface area (Å²) in [5, 5.41) is 29.8. The van der Waals surface area contributed by atoms with Gasteiger partial charge in [-0.2, -0.15) is 5.10 Å². The lowest BCUT2D eigenvalue weighted by Gasteiger charge is -2.25. The number of phenolic OH excluding ortho intramolecular Hbond substituents is 1. The maximum Gasteiger partial charge on any atom is 0.125 e. The van der Waals surface area contributed by atoms with Gasteiger partial charge in [-0.25, -0.2) is 0 Å². The van der Waals surface area contributed by atoms with Crippen molar-refractivity contribution in [2.75, 3.05) is 32.8 Å². The lowest BCUT2D eigenvalue weighted by Crippen LogP contribution is -2.38. The molecule has 0 radical (unpaired) electrons. The third kappa shape index (κ3) is 7.77. The van der Waals surface area contributed by atoms with E-state index >= 15 is 0 Å². The van der Waals surface area contributed by atoms with Crippen LogP contribution in [0.15, 0.2) is 53.5 Å². The lowest BCUT2D eigenvalue weighted by molar-refractivity contribution is 0.0771. The molecule has 3 N–H and O–H groups in total. The predicted molar refractivity (Wildman–Crippen MR) is 143 cm³/mol. The Bertz CT molecular complexity index is 980. The fraction of sp³-hybridized carbons (Fsp3) is 0.519. The number of hydrogen-bond acceptors (Lipinski definition) is 6. The Morgan fingerprint density at radius 2 is 2.03 bits per heavy atom. The molecule has 4 rings (SSSR count). The largest absolute Gasteiger partial charge is 0.507 e. The minimum atomic E-state index is 0.135. The molecule has 1 unspecified atom stereocenters. The van der Waals surface area contributed by atoms with Crippen molar-refractivity contribution < 1.29 is 9.84 Å². The average molecular weight is 481 g/mol. The van der Waals surface area contributed by atoms with Gasteiger partial charge in [-0.05, 0) is 62.4 Å². The van der Waals surface area contributed by atoms with E-state index in [9.17, 15) is 5.11 Å². The van der Waals surface area contributed by atoms with Gasteiger partial charge in [0.15, 0.2) is 0 Å². The number of nitrogens with zero attached hydrogens (tertiary/aromatic N) is 4. The van der Waals surface area contributed by atoms with Crippen molar-refractivity contribution in [2.45, 2.75) is 52.5 Å². The molecule has 35 heavy (non-hydrogen) atoms. The summed E-state index contributed by atoms with van der Waals surface area (Å²) in [6, 6.07) is 6.04. The van der Waals surface area contributed by atoms with Crippen LogP contribution in [-0.4, -0.2) is 70.6 Å². The van der Waals surface area contributed by atoms with Crippen molar-refractivity contribution in [1.29, 1.82) is 0 Å². The normalized spacial score (nSPS) is 19.4. The highest BCUT2D eigenvalue weighted by Gasteiger charge is 2.24. The number of allylic oxidation sites excluding steroid dienone is 1. The Morgan fingerprint density at radius 1 is 1.26 bits per heavy atom. The number of benzene rings is 1. The van der Waals surface area contributed by atoms with Gasteiger partial charge in [0.25, 0.3) is 0 Å². The number of aromatic hydroxyl groups is 1. The minimum Gasteiger partial charge on any atom is -0.507 e. The van der Waals surface area contributed by atoms with E-state index in [1.807, 2.05) is 19.1 Å². The number of H-pyrrole nitrogens is 1. The number of phenols is 1. The molecule has 1 atom stereocenters. The van der Waals surface area contributed by atoms with Gasteiger partial charge in [-0.3, -0.25) is 5.10 Å². The van der Waals surface area contributed by atoms with Gasteiger partial charge >= 0.3 is 0 Å². The first-order chi connectivity index (χ1) is 17.0. The third-order valence-electron chi connectivity index (χ3n) is 6.26. The molecule has 2 aromatic rings. The highest BCUT2D eigenvalue weighted by atomic mass is 16.5. The number of rotatable bonds is 7. The number of aromatic amines is 1. The summed E-state index contributed by atoms with van der Waals surface area (Å²) < 4.78 is 5.43. The second kappa shape index (κ2) is 13.8. The van der Waals surface area contributed by atoms with E-state index < -0.39 is 0 Å². The quantitative estimate of drug-likeness (QED) is 0.306. The van der Waals surface area contributed by atoms with Gasteiger partial charge in [0.1, 0.15) is 11.6 Å². The van der Waals surface area contributed by atoms with Crippen LogP contribution in [0.3, 0.4) is 0 Å². The summed E-state index contributed by atoms with van der Waals surface area (Å²) in [5.74, 6) is 1.63. The molecule has 2 aliphatic heterocycles. The van der Waals surface area contributed by atoms with Gasteiger partial charge in [0.05, 0.1) is 11.9 Å². The molecule has 0 saturated carbocycles. The standard InChI is InChI=1S/C24H32N6O2.C3H8/c1-3-23(22-5-4-19(12-24(22)31)20-14-26-27-15-20)29-28-17(2)30-9-6-18(16-30)13-25-21-7-10-32-11-8-21;1-3-2/h3-5,12,14-15,18,21,25,31H,1,6-11,13,16H2,2H3,(H,26,27);3H2,1-2H3/b28-17+,29-23+;. The van der Waals surface area contributed by atoms with Crippen LogP contribution >= 0.6 is 0 Å². The van der Waals surface area contributed by atoms with Crippen LogP contribution in [0.2, 0.25) is 0 Å². The molecule has 8 nitrogen and oxygen atoms in total. The topological polar surface area (TPSA) is 98.1 Å². The number of nitrogens with one attached hydrogen (secondary N) is 2. The molecular weight excluding hydrogens is 440 g/mol. The van der Waals surface area contributed by atoms with E-state index in [1.165, 1.54) is 6.42 Å². The molecule has 0 amide bonds. The fourth-order valence-electron chi connectivity index (χ4n) is 4.26. The first-order valence-electron chi connectivity index (χ1n) is 12.7. The summed E-state index contributed by atoms with van der Waals surface area (Å²) in [6.07, 6.45) is 9.73. The molecule has 0 aliphatic carbocycles. The van der Waals surface area contributed by atoms with Crippen LogP contribution in [0.5, 0.6) is 5.75 Å². The Morgan fingerprint density at radius 3 is 2.69 bits per heavy atom. The summed E-state index contributed by atoms with van der Waals surface area (Å²) in [4.78, 5) is 2.28. The molecular formula is C27H40N6O2. The van der Waals surface area contributed by atoms with E-state index in [4.69, 9.17) is 4.74 Å². The van der Waals surface area contributed by atoms with Crippen molar-refractivity contribution in [3.05, 3.63) is 48.8 Å². The van der Waals surface area contributed by atoms with Crippen LogP contribution in [0.4, 0.5) is 0 Å². The third-order valence-corrected chi connectivity index (χ3v) is 6.26. The highest BCUT2D eigenvalue weighted by molar-refractivity contribution is 6.10. The predicted octanol–water partition coefficient (Wildman–Crippen LogP) is 4.60. The molecule has 2 saturated heterocycles. The van der Waals surface area contributed by atoms with Gasteiger partial charge in [0, 0.05) is 49.7 Å². The summed E-state index contributed by atoms with van der Waals surface area (Å²) in [7, 11) is 0. The molecule has 0 spiro atoms. The summed E-state index contributed by atoms with van der Waals surface area (Å²) in [5.41, 5.74) is 2.93. The number of aromatic nitrogens is 2. The van der Waals surface area contributed by atoms with Crippen LogP contribution < -0.4 is 5.32 Å². The maximum atomic E-state index is 10.5. The van der Waals surface area contributed by atoms with Crippen molar-refractivity contribution in [1.82, 2.24) is 20.4 Å². The van der Waals surface area contributed by atoms with Crippen molar-refractivity contribution in [3.8, 4) is 16.9 Å². The van der Waals surface area contributed by atoms with E-state index in [-0.39, 0.29) is 5.75 Å². The Labute approximate surface area is 209 Å². The summed E-state index contributed by atoms with van der Waals surface area (Å²) >= 11 is 0. The first kappa shape index (κ1) is 26.6. The van der Waals surface area contributed by atoms with Gasteiger partial charge in [0.2, 0.25) is 0 Å². The van der Waals surface area contributed by atoms with E-state index in [0.29, 0.717) is 23.2 Å². The zero-order chi connectivity index (χ0) is 25.0. The van der Waals surface area contributed by atoms with Gasteiger partial charge in [-0.15, -0.1) is 10.2 Å². The second-order valence-corrected chi connectivity index (χ2v) is 9.16. The lowest BCUT2D eigenvalue weighted by atomic mass is 10.0. The highest BCUT2D eigenvalue weighted by Crippen LogP contribution is 2.27. The Kier molecular flexibility index (Phi) is 10.5. The van der Waals surface area contributed by atoms with Crippen LogP contribution in [-0.2, 0) is 4.74 Å².